The highest BCUT2D eigenvalue weighted by molar-refractivity contribution is 8.02. The Hall–Kier alpha value is -1.60. The van der Waals surface area contributed by atoms with E-state index in [9.17, 15) is 4.79 Å². The second-order valence-electron chi connectivity index (χ2n) is 4.52. The van der Waals surface area contributed by atoms with Gasteiger partial charge < -0.3 is 10.6 Å². The quantitative estimate of drug-likeness (QED) is 0.798. The summed E-state index contributed by atoms with van der Waals surface area (Å²) in [7, 11) is 0. The number of benzene rings is 1. The number of rotatable bonds is 6. The third-order valence-corrected chi connectivity index (χ3v) is 4.73. The van der Waals surface area contributed by atoms with E-state index in [1.807, 2.05) is 45.0 Å². The van der Waals surface area contributed by atoms with E-state index < -0.39 is 0 Å². The van der Waals surface area contributed by atoms with Crippen molar-refractivity contribution in [3.8, 4) is 0 Å². The molecule has 5 nitrogen and oxygen atoms in total. The fraction of sp³-hybridized carbons (Fsp3) is 0.357. The van der Waals surface area contributed by atoms with Crippen LogP contribution in [0.3, 0.4) is 0 Å². The summed E-state index contributed by atoms with van der Waals surface area (Å²) < 4.78 is 0.790. The first kappa shape index (κ1) is 15.8. The first-order valence-corrected chi connectivity index (χ1v) is 8.39. The van der Waals surface area contributed by atoms with Crippen LogP contribution in [-0.4, -0.2) is 27.9 Å². The Labute approximate surface area is 132 Å². The number of aromatic nitrogens is 2. The highest BCUT2D eigenvalue weighted by atomic mass is 32.2. The SMILES string of the molecule is CCNc1nnc(S[C@H](C)C(=O)Nc2cccc(C)c2)s1. The third-order valence-electron chi connectivity index (χ3n) is 2.67. The molecule has 0 spiro atoms. The Bertz CT molecular complexity index is 615. The number of thioether (sulfide) groups is 1. The van der Waals surface area contributed by atoms with Crippen molar-refractivity contribution in [2.24, 2.45) is 0 Å². The smallest absolute Gasteiger partial charge is 0.237 e. The van der Waals surface area contributed by atoms with Gasteiger partial charge in [0.15, 0.2) is 4.34 Å². The molecular weight excluding hydrogens is 304 g/mol. The topological polar surface area (TPSA) is 66.9 Å². The molecule has 2 aromatic rings. The molecule has 1 aromatic carbocycles. The minimum Gasteiger partial charge on any atom is -0.360 e. The average molecular weight is 322 g/mol. The Kier molecular flexibility index (Phi) is 5.58. The van der Waals surface area contributed by atoms with Crippen LogP contribution in [0.25, 0.3) is 0 Å². The lowest BCUT2D eigenvalue weighted by Crippen LogP contribution is -2.22. The molecule has 0 saturated carbocycles. The van der Waals surface area contributed by atoms with Gasteiger partial charge in [-0.3, -0.25) is 4.79 Å². The van der Waals surface area contributed by atoms with Crippen LogP contribution in [0.15, 0.2) is 28.6 Å². The number of carbonyl (C=O) groups is 1. The maximum absolute atomic E-state index is 12.2. The van der Waals surface area contributed by atoms with Gasteiger partial charge in [0.1, 0.15) is 0 Å². The lowest BCUT2D eigenvalue weighted by molar-refractivity contribution is -0.115. The van der Waals surface area contributed by atoms with E-state index in [1.54, 1.807) is 0 Å². The second-order valence-corrected chi connectivity index (χ2v) is 7.09. The summed E-state index contributed by atoms with van der Waals surface area (Å²) in [5.74, 6) is -0.0363. The Morgan fingerprint density at radius 2 is 2.24 bits per heavy atom. The summed E-state index contributed by atoms with van der Waals surface area (Å²) in [5.41, 5.74) is 1.94. The van der Waals surface area contributed by atoms with Crippen molar-refractivity contribution in [2.75, 3.05) is 17.2 Å². The number of nitrogens with one attached hydrogen (secondary N) is 2. The number of carbonyl (C=O) groups excluding carboxylic acids is 1. The van der Waals surface area contributed by atoms with Crippen molar-refractivity contribution in [3.63, 3.8) is 0 Å². The van der Waals surface area contributed by atoms with Crippen LogP contribution in [0, 0.1) is 6.92 Å². The zero-order chi connectivity index (χ0) is 15.2. The molecule has 0 aliphatic rings. The number of hydrogen-bond acceptors (Lipinski definition) is 6. The van der Waals surface area contributed by atoms with Crippen LogP contribution in [0.1, 0.15) is 19.4 Å². The first-order valence-electron chi connectivity index (χ1n) is 6.70. The summed E-state index contributed by atoms with van der Waals surface area (Å²) in [6, 6.07) is 7.76. The highest BCUT2D eigenvalue weighted by Crippen LogP contribution is 2.29. The Morgan fingerprint density at radius 3 is 2.95 bits per heavy atom. The molecule has 21 heavy (non-hydrogen) atoms. The minimum absolute atomic E-state index is 0.0363. The van der Waals surface area contributed by atoms with Crippen LogP contribution in [-0.2, 0) is 4.79 Å². The van der Waals surface area contributed by atoms with Crippen LogP contribution in [0.2, 0.25) is 0 Å². The van der Waals surface area contributed by atoms with Crippen molar-refractivity contribution >= 4 is 39.8 Å². The van der Waals surface area contributed by atoms with Gasteiger partial charge in [-0.1, -0.05) is 35.2 Å². The van der Waals surface area contributed by atoms with Crippen molar-refractivity contribution in [1.82, 2.24) is 10.2 Å². The number of hydrogen-bond donors (Lipinski definition) is 2. The van der Waals surface area contributed by atoms with Gasteiger partial charge in [0.2, 0.25) is 11.0 Å². The molecule has 0 saturated heterocycles. The molecule has 1 aromatic heterocycles. The highest BCUT2D eigenvalue weighted by Gasteiger charge is 2.17. The number of aryl methyl sites for hydroxylation is 1. The molecule has 2 N–H and O–H groups in total. The van der Waals surface area contributed by atoms with E-state index in [0.29, 0.717) is 0 Å². The second kappa shape index (κ2) is 7.42. The molecule has 0 fully saturated rings. The molecule has 1 amide bonds. The molecule has 0 aliphatic carbocycles. The Morgan fingerprint density at radius 1 is 1.43 bits per heavy atom. The summed E-state index contributed by atoms with van der Waals surface area (Å²) in [5, 5.41) is 14.7. The van der Waals surface area contributed by atoms with E-state index in [-0.39, 0.29) is 11.2 Å². The van der Waals surface area contributed by atoms with Crippen LogP contribution in [0.5, 0.6) is 0 Å². The lowest BCUT2D eigenvalue weighted by Gasteiger charge is -2.10. The molecule has 112 valence electrons. The standard InChI is InChI=1S/C14H18N4OS2/c1-4-15-13-17-18-14(21-13)20-10(3)12(19)16-11-7-5-6-9(2)8-11/h5-8,10H,4H2,1-3H3,(H,15,17)(H,16,19)/t10-/m1/s1. The van der Waals surface area contributed by atoms with E-state index in [1.165, 1.54) is 23.1 Å². The lowest BCUT2D eigenvalue weighted by atomic mass is 10.2. The molecule has 2 rings (SSSR count). The van der Waals surface area contributed by atoms with Gasteiger partial charge in [0, 0.05) is 12.2 Å². The maximum Gasteiger partial charge on any atom is 0.237 e. The number of anilines is 2. The monoisotopic (exact) mass is 322 g/mol. The molecule has 0 unspecified atom stereocenters. The predicted molar refractivity (Wildman–Crippen MR) is 89.2 cm³/mol. The normalized spacial score (nSPS) is 12.0. The van der Waals surface area contributed by atoms with E-state index in [4.69, 9.17) is 0 Å². The zero-order valence-corrected chi connectivity index (χ0v) is 13.8. The van der Waals surface area contributed by atoms with Crippen LogP contribution >= 0.6 is 23.1 Å². The predicted octanol–water partition coefficient (Wildman–Crippen LogP) is 3.40. The summed E-state index contributed by atoms with van der Waals surface area (Å²) in [6.07, 6.45) is 0. The molecule has 0 radical (unpaired) electrons. The molecular formula is C14H18N4OS2. The fourth-order valence-electron chi connectivity index (χ4n) is 1.65. The number of amides is 1. The van der Waals surface area contributed by atoms with Crippen molar-refractivity contribution < 1.29 is 4.79 Å². The molecule has 1 atom stereocenters. The summed E-state index contributed by atoms with van der Waals surface area (Å²) in [6.45, 7) is 6.68. The Balaban J connectivity index is 1.92. The van der Waals surface area contributed by atoms with Gasteiger partial charge in [-0.05, 0) is 38.5 Å². The van der Waals surface area contributed by atoms with Gasteiger partial charge in [0.25, 0.3) is 0 Å². The fourth-order valence-corrected chi connectivity index (χ4v) is 3.62. The van der Waals surface area contributed by atoms with Gasteiger partial charge >= 0.3 is 0 Å². The van der Waals surface area contributed by atoms with Gasteiger partial charge in [-0.25, -0.2) is 0 Å². The largest absolute Gasteiger partial charge is 0.360 e. The molecule has 7 heteroatoms. The third kappa shape index (κ3) is 4.71. The van der Waals surface area contributed by atoms with Crippen LogP contribution < -0.4 is 10.6 Å². The van der Waals surface area contributed by atoms with Crippen LogP contribution in [0.4, 0.5) is 10.8 Å². The van der Waals surface area contributed by atoms with Crippen molar-refractivity contribution in [3.05, 3.63) is 29.8 Å². The number of nitrogens with zero attached hydrogens (tertiary/aromatic N) is 2. The van der Waals surface area contributed by atoms with E-state index >= 15 is 0 Å². The molecule has 1 heterocycles. The van der Waals surface area contributed by atoms with Gasteiger partial charge in [0.05, 0.1) is 5.25 Å². The van der Waals surface area contributed by atoms with E-state index in [2.05, 4.69) is 20.8 Å². The summed E-state index contributed by atoms with van der Waals surface area (Å²) in [4.78, 5) is 12.2. The average Bonchev–Trinajstić information content (AvgIpc) is 2.86. The van der Waals surface area contributed by atoms with Gasteiger partial charge in [-0.2, -0.15) is 0 Å². The minimum atomic E-state index is -0.229. The maximum atomic E-state index is 12.2. The van der Waals surface area contributed by atoms with Crippen molar-refractivity contribution in [2.45, 2.75) is 30.4 Å². The zero-order valence-electron chi connectivity index (χ0n) is 12.2. The van der Waals surface area contributed by atoms with E-state index in [0.717, 1.165) is 27.3 Å². The molecule has 0 bridgehead atoms. The van der Waals surface area contributed by atoms with Crippen molar-refractivity contribution in [1.29, 1.82) is 0 Å². The summed E-state index contributed by atoms with van der Waals surface area (Å²) >= 11 is 2.88. The molecule has 0 aliphatic heterocycles. The van der Waals surface area contributed by atoms with Gasteiger partial charge in [-0.15, -0.1) is 10.2 Å². The first-order chi connectivity index (χ1) is 10.1.